The number of halogens is 1. The van der Waals surface area contributed by atoms with Crippen molar-refractivity contribution in [2.24, 2.45) is 0 Å². The van der Waals surface area contributed by atoms with E-state index in [1.54, 1.807) is 24.3 Å². The number of benzene rings is 3. The van der Waals surface area contributed by atoms with Crippen molar-refractivity contribution >= 4 is 45.0 Å². The van der Waals surface area contributed by atoms with Gasteiger partial charge in [0.15, 0.2) is 11.5 Å². The van der Waals surface area contributed by atoms with Crippen molar-refractivity contribution in [1.29, 1.82) is 0 Å². The molecule has 0 unspecified atom stereocenters. The molecule has 0 aliphatic heterocycles. The SMILES string of the molecule is COc1cc(C=CC(=O)Nc2ccc(Cl)c(S(=O)(=O)Nc3ccc(C)cc3C)c2)cc(OC)c1OC. The van der Waals surface area contributed by atoms with Crippen molar-refractivity contribution < 1.29 is 27.4 Å². The van der Waals surface area contributed by atoms with Crippen LogP contribution in [0.4, 0.5) is 11.4 Å². The second-order valence-corrected chi connectivity index (χ2v) is 9.91. The maximum absolute atomic E-state index is 13.0. The molecule has 0 bridgehead atoms. The lowest BCUT2D eigenvalue weighted by Crippen LogP contribution is -2.15. The first-order valence-corrected chi connectivity index (χ1v) is 12.6. The number of hydrogen-bond donors (Lipinski definition) is 2. The van der Waals surface area contributed by atoms with Gasteiger partial charge in [0.25, 0.3) is 10.0 Å². The van der Waals surface area contributed by atoms with Crippen molar-refractivity contribution in [2.45, 2.75) is 18.7 Å². The molecule has 3 aromatic rings. The molecule has 0 saturated carbocycles. The van der Waals surface area contributed by atoms with E-state index in [0.29, 0.717) is 28.5 Å². The zero-order valence-corrected chi connectivity index (χ0v) is 22.1. The molecule has 0 aliphatic rings. The fourth-order valence-electron chi connectivity index (χ4n) is 3.47. The predicted molar refractivity (Wildman–Crippen MR) is 142 cm³/mol. The fourth-order valence-corrected chi connectivity index (χ4v) is 5.13. The Bertz CT molecular complexity index is 1390. The quantitative estimate of drug-likeness (QED) is 0.357. The van der Waals surface area contributed by atoms with Gasteiger partial charge in [0.05, 0.1) is 32.0 Å². The Morgan fingerprint density at radius 3 is 2.17 bits per heavy atom. The van der Waals surface area contributed by atoms with Crippen LogP contribution in [0.1, 0.15) is 16.7 Å². The van der Waals surface area contributed by atoms with Gasteiger partial charge in [-0.2, -0.15) is 0 Å². The minimum atomic E-state index is -4.01. The van der Waals surface area contributed by atoms with Gasteiger partial charge < -0.3 is 19.5 Å². The molecule has 0 saturated heterocycles. The van der Waals surface area contributed by atoms with E-state index in [9.17, 15) is 13.2 Å². The number of amides is 1. The average molecular weight is 531 g/mol. The zero-order chi connectivity index (χ0) is 26.5. The van der Waals surface area contributed by atoms with Crippen molar-refractivity contribution in [2.75, 3.05) is 31.4 Å². The van der Waals surface area contributed by atoms with Crippen LogP contribution in [0.2, 0.25) is 5.02 Å². The van der Waals surface area contributed by atoms with E-state index in [1.807, 2.05) is 26.0 Å². The molecule has 0 heterocycles. The summed E-state index contributed by atoms with van der Waals surface area (Å²) < 4.78 is 44.5. The molecule has 0 aromatic heterocycles. The van der Waals surface area contributed by atoms with Crippen LogP contribution in [-0.2, 0) is 14.8 Å². The van der Waals surface area contributed by atoms with Gasteiger partial charge >= 0.3 is 0 Å². The molecule has 0 fully saturated rings. The maximum atomic E-state index is 13.0. The van der Waals surface area contributed by atoms with E-state index < -0.39 is 15.9 Å². The minimum absolute atomic E-state index is 0.0261. The molecule has 0 spiro atoms. The van der Waals surface area contributed by atoms with Gasteiger partial charge in [-0.25, -0.2) is 8.42 Å². The Hall–Kier alpha value is -3.69. The van der Waals surface area contributed by atoms with Gasteiger partial charge in [0.1, 0.15) is 4.90 Å². The fraction of sp³-hybridized carbons (Fsp3) is 0.192. The molecular weight excluding hydrogens is 504 g/mol. The van der Waals surface area contributed by atoms with Gasteiger partial charge in [-0.1, -0.05) is 29.3 Å². The second kappa shape index (κ2) is 11.4. The van der Waals surface area contributed by atoms with Crippen LogP contribution in [0.5, 0.6) is 17.2 Å². The monoisotopic (exact) mass is 530 g/mol. The summed E-state index contributed by atoms with van der Waals surface area (Å²) in [4.78, 5) is 12.4. The van der Waals surface area contributed by atoms with Crippen LogP contribution < -0.4 is 24.2 Å². The summed E-state index contributed by atoms with van der Waals surface area (Å²) in [7, 11) is 0.493. The number of rotatable bonds is 9. The normalized spacial score (nSPS) is 11.3. The standard InChI is InChI=1S/C26H27ClN2O6S/c1-16-6-10-21(17(2)12-16)29-36(31,32)24-15-19(8-9-20(24)27)28-25(30)11-7-18-13-22(33-3)26(35-5)23(14-18)34-4/h6-15,29H,1-5H3,(H,28,30). The number of anilines is 2. The van der Waals surface area contributed by atoms with Gasteiger partial charge in [-0.05, 0) is 67.4 Å². The number of carbonyl (C=O) groups is 1. The summed E-state index contributed by atoms with van der Waals surface area (Å²) in [6, 6.07) is 13.0. The molecule has 190 valence electrons. The van der Waals surface area contributed by atoms with E-state index >= 15 is 0 Å². The van der Waals surface area contributed by atoms with Crippen LogP contribution in [0, 0.1) is 13.8 Å². The van der Waals surface area contributed by atoms with Crippen molar-refractivity contribution in [3.05, 3.63) is 76.3 Å². The molecule has 1 amide bonds. The van der Waals surface area contributed by atoms with Crippen LogP contribution >= 0.6 is 11.6 Å². The summed E-state index contributed by atoms with van der Waals surface area (Å²) >= 11 is 6.19. The van der Waals surface area contributed by atoms with Crippen molar-refractivity contribution in [3.63, 3.8) is 0 Å². The average Bonchev–Trinajstić information content (AvgIpc) is 2.84. The van der Waals surface area contributed by atoms with Crippen LogP contribution in [0.3, 0.4) is 0 Å². The van der Waals surface area contributed by atoms with E-state index in [0.717, 1.165) is 11.1 Å². The number of hydrogen-bond acceptors (Lipinski definition) is 6. The van der Waals surface area contributed by atoms with E-state index in [4.69, 9.17) is 25.8 Å². The first-order valence-electron chi connectivity index (χ1n) is 10.8. The smallest absolute Gasteiger partial charge is 0.263 e. The number of aryl methyl sites for hydroxylation is 2. The summed E-state index contributed by atoms with van der Waals surface area (Å²) in [5.41, 5.74) is 3.13. The third-order valence-corrected chi connectivity index (χ3v) is 7.08. The Balaban J connectivity index is 1.81. The van der Waals surface area contributed by atoms with Crippen LogP contribution in [-0.4, -0.2) is 35.7 Å². The van der Waals surface area contributed by atoms with E-state index in [-0.39, 0.29) is 15.6 Å². The number of carbonyl (C=O) groups excluding carboxylic acids is 1. The highest BCUT2D eigenvalue weighted by molar-refractivity contribution is 7.92. The highest BCUT2D eigenvalue weighted by Gasteiger charge is 2.20. The largest absolute Gasteiger partial charge is 0.493 e. The van der Waals surface area contributed by atoms with Crippen molar-refractivity contribution in [3.8, 4) is 17.2 Å². The lowest BCUT2D eigenvalue weighted by Gasteiger charge is -2.13. The molecular formula is C26H27ClN2O6S. The Kier molecular flexibility index (Phi) is 8.49. The lowest BCUT2D eigenvalue weighted by atomic mass is 10.1. The molecule has 8 nitrogen and oxygen atoms in total. The topological polar surface area (TPSA) is 103 Å². The molecule has 36 heavy (non-hydrogen) atoms. The summed E-state index contributed by atoms with van der Waals surface area (Å²) in [5, 5.41) is 2.68. The first kappa shape index (κ1) is 26.9. The minimum Gasteiger partial charge on any atom is -0.493 e. The molecule has 2 N–H and O–H groups in total. The number of nitrogens with one attached hydrogen (secondary N) is 2. The summed E-state index contributed by atoms with van der Waals surface area (Å²) in [6.07, 6.45) is 2.87. The predicted octanol–water partition coefficient (Wildman–Crippen LogP) is 5.44. The van der Waals surface area contributed by atoms with Crippen LogP contribution in [0.15, 0.2) is 59.5 Å². The number of methoxy groups -OCH3 is 3. The van der Waals surface area contributed by atoms with Gasteiger partial charge in [-0.15, -0.1) is 0 Å². The molecule has 0 radical (unpaired) electrons. The highest BCUT2D eigenvalue weighted by Crippen LogP contribution is 2.38. The van der Waals surface area contributed by atoms with Crippen molar-refractivity contribution in [1.82, 2.24) is 0 Å². The van der Waals surface area contributed by atoms with Crippen LogP contribution in [0.25, 0.3) is 6.08 Å². The third kappa shape index (κ3) is 6.30. The third-order valence-electron chi connectivity index (χ3n) is 5.23. The Labute approximate surface area is 215 Å². The second-order valence-electron chi connectivity index (χ2n) is 7.85. The van der Waals surface area contributed by atoms with E-state index in [1.165, 1.54) is 45.6 Å². The number of sulfonamides is 1. The van der Waals surface area contributed by atoms with Gasteiger partial charge in [0.2, 0.25) is 11.7 Å². The molecule has 10 heteroatoms. The van der Waals surface area contributed by atoms with Gasteiger partial charge in [0, 0.05) is 11.8 Å². The Morgan fingerprint density at radius 1 is 0.917 bits per heavy atom. The Morgan fingerprint density at radius 2 is 1.58 bits per heavy atom. The highest BCUT2D eigenvalue weighted by atomic mass is 35.5. The van der Waals surface area contributed by atoms with Gasteiger partial charge in [-0.3, -0.25) is 9.52 Å². The zero-order valence-electron chi connectivity index (χ0n) is 20.5. The molecule has 3 rings (SSSR count). The number of ether oxygens (including phenoxy) is 3. The first-order chi connectivity index (χ1) is 17.1. The maximum Gasteiger partial charge on any atom is 0.263 e. The molecule has 0 aliphatic carbocycles. The summed E-state index contributed by atoms with van der Waals surface area (Å²) in [6.45, 7) is 3.73. The summed E-state index contributed by atoms with van der Waals surface area (Å²) in [5.74, 6) is 0.851. The lowest BCUT2D eigenvalue weighted by molar-refractivity contribution is -0.111. The molecule has 3 aromatic carbocycles. The molecule has 0 atom stereocenters. The van der Waals surface area contributed by atoms with E-state index in [2.05, 4.69) is 10.0 Å².